The van der Waals surface area contributed by atoms with Gasteiger partial charge in [-0.15, -0.1) is 0 Å². The van der Waals surface area contributed by atoms with Gasteiger partial charge in [-0.2, -0.15) is 0 Å². The first-order valence-corrected chi connectivity index (χ1v) is 9.93. The average Bonchev–Trinajstić information content (AvgIpc) is 2.70. The molecule has 1 aliphatic rings. The first kappa shape index (κ1) is 19.9. The normalized spacial score (nSPS) is 14.8. The Hall–Kier alpha value is -2.82. The van der Waals surface area contributed by atoms with E-state index in [1.165, 1.54) is 0 Å². The van der Waals surface area contributed by atoms with Crippen molar-refractivity contribution in [2.45, 2.75) is 33.1 Å². The zero-order chi connectivity index (χ0) is 19.9. The average molecular weight is 380 g/mol. The van der Waals surface area contributed by atoms with E-state index in [1.807, 2.05) is 73.3 Å². The van der Waals surface area contributed by atoms with Gasteiger partial charge in [-0.25, -0.2) is 0 Å². The lowest BCUT2D eigenvalue weighted by atomic mass is 9.95. The molecule has 0 spiro atoms. The lowest BCUT2D eigenvalue weighted by molar-refractivity contribution is -0.135. The molecule has 1 saturated heterocycles. The molecule has 28 heavy (non-hydrogen) atoms. The Labute approximate surface area is 166 Å². The molecule has 0 atom stereocenters. The molecule has 148 valence electrons. The number of para-hydroxylation sites is 3. The Kier molecular flexibility index (Phi) is 6.69. The number of ether oxygens (including phenoxy) is 1. The van der Waals surface area contributed by atoms with Crippen molar-refractivity contribution >= 4 is 17.5 Å². The molecule has 1 heterocycles. The number of hydrogen-bond donors (Lipinski definition) is 1. The lowest BCUT2D eigenvalue weighted by Crippen LogP contribution is -2.41. The number of carbonyl (C=O) groups excluding carboxylic acids is 2. The van der Waals surface area contributed by atoms with Crippen LogP contribution in [0.15, 0.2) is 54.6 Å². The van der Waals surface area contributed by atoms with Crippen LogP contribution in [0.3, 0.4) is 0 Å². The lowest BCUT2D eigenvalue weighted by Gasteiger charge is -2.32. The number of anilines is 1. The van der Waals surface area contributed by atoms with Gasteiger partial charge in [-0.3, -0.25) is 9.59 Å². The van der Waals surface area contributed by atoms with Crippen LogP contribution in [0.2, 0.25) is 0 Å². The molecule has 0 radical (unpaired) electrons. The van der Waals surface area contributed by atoms with E-state index >= 15 is 0 Å². The number of hydrogen-bond acceptors (Lipinski definition) is 3. The summed E-state index contributed by atoms with van der Waals surface area (Å²) in [7, 11) is 0. The molecule has 2 aromatic rings. The molecular weight excluding hydrogens is 352 g/mol. The summed E-state index contributed by atoms with van der Waals surface area (Å²) in [4.78, 5) is 26.8. The quantitative estimate of drug-likeness (QED) is 0.790. The van der Waals surface area contributed by atoms with E-state index in [2.05, 4.69) is 5.32 Å². The van der Waals surface area contributed by atoms with Gasteiger partial charge in [0.25, 0.3) is 0 Å². The topological polar surface area (TPSA) is 58.6 Å². The highest BCUT2D eigenvalue weighted by atomic mass is 16.5. The SMILES string of the molecule is CC(C)CC(=O)N1CCC(C(=O)Nc2ccccc2Oc2ccccc2)CC1. The Morgan fingerprint density at radius 2 is 1.68 bits per heavy atom. The summed E-state index contributed by atoms with van der Waals surface area (Å²) in [5.74, 6) is 1.78. The Morgan fingerprint density at radius 3 is 2.36 bits per heavy atom. The summed E-state index contributed by atoms with van der Waals surface area (Å²) in [6.45, 7) is 5.39. The number of likely N-dealkylation sites (tertiary alicyclic amines) is 1. The van der Waals surface area contributed by atoms with Crippen LogP contribution in [0.1, 0.15) is 33.1 Å². The van der Waals surface area contributed by atoms with Crippen molar-refractivity contribution < 1.29 is 14.3 Å². The zero-order valence-corrected chi connectivity index (χ0v) is 16.6. The summed E-state index contributed by atoms with van der Waals surface area (Å²) >= 11 is 0. The van der Waals surface area contributed by atoms with Gasteiger partial charge in [0.1, 0.15) is 5.75 Å². The predicted octanol–water partition coefficient (Wildman–Crippen LogP) is 4.70. The van der Waals surface area contributed by atoms with E-state index in [4.69, 9.17) is 4.74 Å². The van der Waals surface area contributed by atoms with Crippen molar-refractivity contribution in [2.75, 3.05) is 18.4 Å². The van der Waals surface area contributed by atoms with Gasteiger partial charge in [0, 0.05) is 25.4 Å². The van der Waals surface area contributed by atoms with Crippen molar-refractivity contribution in [1.29, 1.82) is 0 Å². The molecule has 0 bridgehead atoms. The minimum absolute atomic E-state index is 0.0138. The summed E-state index contributed by atoms with van der Waals surface area (Å²) in [5.41, 5.74) is 0.662. The molecule has 2 aromatic carbocycles. The molecule has 5 heteroatoms. The molecule has 0 saturated carbocycles. The van der Waals surface area contributed by atoms with Gasteiger partial charge in [-0.05, 0) is 43.0 Å². The second kappa shape index (κ2) is 9.40. The van der Waals surface area contributed by atoms with Gasteiger partial charge in [0.15, 0.2) is 5.75 Å². The number of piperidine rings is 1. The van der Waals surface area contributed by atoms with Crippen LogP contribution < -0.4 is 10.1 Å². The maximum absolute atomic E-state index is 12.8. The van der Waals surface area contributed by atoms with E-state index in [0.29, 0.717) is 49.7 Å². The fourth-order valence-electron chi connectivity index (χ4n) is 3.38. The van der Waals surface area contributed by atoms with E-state index in [0.717, 1.165) is 5.75 Å². The fraction of sp³-hybridized carbons (Fsp3) is 0.391. The van der Waals surface area contributed by atoms with Crippen LogP contribution in [0, 0.1) is 11.8 Å². The van der Waals surface area contributed by atoms with Crippen molar-refractivity contribution in [3.8, 4) is 11.5 Å². The summed E-state index contributed by atoms with van der Waals surface area (Å²) < 4.78 is 5.92. The highest BCUT2D eigenvalue weighted by Gasteiger charge is 2.27. The first-order chi connectivity index (χ1) is 13.5. The molecule has 1 fully saturated rings. The van der Waals surface area contributed by atoms with E-state index in [1.54, 1.807) is 0 Å². The summed E-state index contributed by atoms with van der Waals surface area (Å²) in [6.07, 6.45) is 1.95. The largest absolute Gasteiger partial charge is 0.455 e. The molecule has 2 amide bonds. The molecule has 0 aliphatic carbocycles. The summed E-state index contributed by atoms with van der Waals surface area (Å²) in [6, 6.07) is 16.9. The van der Waals surface area contributed by atoms with Crippen LogP contribution in [-0.4, -0.2) is 29.8 Å². The monoisotopic (exact) mass is 380 g/mol. The number of carbonyl (C=O) groups is 2. The Bertz CT molecular complexity index is 797. The number of nitrogens with one attached hydrogen (secondary N) is 1. The van der Waals surface area contributed by atoms with Gasteiger partial charge in [0.2, 0.25) is 11.8 Å². The van der Waals surface area contributed by atoms with Crippen molar-refractivity contribution in [1.82, 2.24) is 4.90 Å². The number of benzene rings is 2. The third-order valence-electron chi connectivity index (χ3n) is 4.92. The zero-order valence-electron chi connectivity index (χ0n) is 16.6. The van der Waals surface area contributed by atoms with Crippen LogP contribution in [0.5, 0.6) is 11.5 Å². The molecule has 3 rings (SSSR count). The van der Waals surface area contributed by atoms with Gasteiger partial charge < -0.3 is 15.0 Å². The minimum Gasteiger partial charge on any atom is -0.455 e. The van der Waals surface area contributed by atoms with Crippen LogP contribution in [0.4, 0.5) is 5.69 Å². The second-order valence-corrected chi connectivity index (χ2v) is 7.65. The highest BCUT2D eigenvalue weighted by molar-refractivity contribution is 5.94. The maximum Gasteiger partial charge on any atom is 0.227 e. The van der Waals surface area contributed by atoms with Gasteiger partial charge in [-0.1, -0.05) is 44.2 Å². The minimum atomic E-state index is -0.0899. The predicted molar refractivity (Wildman–Crippen MR) is 110 cm³/mol. The second-order valence-electron chi connectivity index (χ2n) is 7.65. The van der Waals surface area contributed by atoms with E-state index < -0.39 is 0 Å². The number of nitrogens with zero attached hydrogens (tertiary/aromatic N) is 1. The molecule has 1 aliphatic heterocycles. The van der Waals surface area contributed by atoms with Crippen LogP contribution >= 0.6 is 0 Å². The molecule has 5 nitrogen and oxygen atoms in total. The molecular formula is C23H28N2O3. The van der Waals surface area contributed by atoms with Gasteiger partial charge >= 0.3 is 0 Å². The number of amides is 2. The smallest absolute Gasteiger partial charge is 0.227 e. The van der Waals surface area contributed by atoms with Crippen LogP contribution in [-0.2, 0) is 9.59 Å². The van der Waals surface area contributed by atoms with Crippen LogP contribution in [0.25, 0.3) is 0 Å². The Balaban J connectivity index is 1.58. The first-order valence-electron chi connectivity index (χ1n) is 9.93. The third kappa shape index (κ3) is 5.35. The number of rotatable bonds is 6. The summed E-state index contributed by atoms with van der Waals surface area (Å²) in [5, 5.41) is 3.01. The van der Waals surface area contributed by atoms with E-state index in [-0.39, 0.29) is 17.7 Å². The Morgan fingerprint density at radius 1 is 1.04 bits per heavy atom. The van der Waals surface area contributed by atoms with Crippen molar-refractivity contribution in [3.63, 3.8) is 0 Å². The molecule has 0 unspecified atom stereocenters. The van der Waals surface area contributed by atoms with E-state index in [9.17, 15) is 9.59 Å². The maximum atomic E-state index is 12.8. The van der Waals surface area contributed by atoms with Crippen molar-refractivity contribution in [3.05, 3.63) is 54.6 Å². The van der Waals surface area contributed by atoms with Crippen molar-refractivity contribution in [2.24, 2.45) is 11.8 Å². The molecule has 1 N–H and O–H groups in total. The highest BCUT2D eigenvalue weighted by Crippen LogP contribution is 2.30. The van der Waals surface area contributed by atoms with Gasteiger partial charge in [0.05, 0.1) is 5.69 Å². The fourth-order valence-corrected chi connectivity index (χ4v) is 3.38. The third-order valence-corrected chi connectivity index (χ3v) is 4.92. The molecule has 0 aromatic heterocycles. The standard InChI is InChI=1S/C23H28N2O3/c1-17(2)16-22(26)25-14-12-18(13-15-25)23(27)24-20-10-6-7-11-21(20)28-19-8-4-3-5-9-19/h3-11,17-18H,12-16H2,1-2H3,(H,24,27).